The third kappa shape index (κ3) is 1.92. The second kappa shape index (κ2) is 3.86. The minimum absolute atomic E-state index is 0.0245. The fourth-order valence-electron chi connectivity index (χ4n) is 1.88. The molecule has 5 heteroatoms. The molecule has 0 aliphatic carbocycles. The molecule has 0 bridgehead atoms. The number of nitro groups is 1. The molecule has 1 fully saturated rings. The smallest absolute Gasteiger partial charge is 0.270 e. The van der Waals surface area contributed by atoms with E-state index >= 15 is 0 Å². The first-order valence-electron chi connectivity index (χ1n) is 4.89. The molecule has 1 saturated heterocycles. The zero-order valence-electron chi connectivity index (χ0n) is 8.14. The van der Waals surface area contributed by atoms with Crippen molar-refractivity contribution in [2.45, 2.75) is 18.9 Å². The second-order valence-electron chi connectivity index (χ2n) is 3.65. The number of phenolic OH excluding ortho intramolecular Hbond substituents is 1. The molecular weight excluding hydrogens is 196 g/mol. The molecule has 1 aromatic rings. The van der Waals surface area contributed by atoms with Gasteiger partial charge in [-0.1, -0.05) is 0 Å². The van der Waals surface area contributed by atoms with Crippen molar-refractivity contribution in [2.24, 2.45) is 0 Å². The van der Waals surface area contributed by atoms with E-state index in [2.05, 4.69) is 5.32 Å². The number of nitrogens with zero attached hydrogens (tertiary/aromatic N) is 1. The third-order valence-corrected chi connectivity index (χ3v) is 2.66. The Hall–Kier alpha value is -1.62. The summed E-state index contributed by atoms with van der Waals surface area (Å²) in [5, 5.41) is 23.4. The van der Waals surface area contributed by atoms with Crippen LogP contribution < -0.4 is 5.32 Å². The van der Waals surface area contributed by atoms with E-state index in [0.717, 1.165) is 19.4 Å². The Kier molecular flexibility index (Phi) is 2.55. The Morgan fingerprint density at radius 1 is 1.53 bits per heavy atom. The molecule has 1 aliphatic rings. The van der Waals surface area contributed by atoms with Gasteiger partial charge in [0.25, 0.3) is 5.69 Å². The molecule has 0 saturated carbocycles. The highest BCUT2D eigenvalue weighted by molar-refractivity contribution is 5.44. The topological polar surface area (TPSA) is 75.4 Å². The van der Waals surface area contributed by atoms with Crippen molar-refractivity contribution < 1.29 is 10.0 Å². The van der Waals surface area contributed by atoms with Crippen molar-refractivity contribution in [3.8, 4) is 5.75 Å². The molecular formula is C10H12N2O3. The number of benzene rings is 1. The van der Waals surface area contributed by atoms with Crippen molar-refractivity contribution >= 4 is 5.69 Å². The molecule has 2 rings (SSSR count). The van der Waals surface area contributed by atoms with Crippen molar-refractivity contribution in [1.29, 1.82) is 0 Å². The van der Waals surface area contributed by atoms with Crippen LogP contribution in [-0.4, -0.2) is 16.6 Å². The molecule has 2 N–H and O–H groups in total. The summed E-state index contributed by atoms with van der Waals surface area (Å²) >= 11 is 0. The zero-order valence-corrected chi connectivity index (χ0v) is 8.14. The van der Waals surface area contributed by atoms with Crippen LogP contribution in [0, 0.1) is 10.1 Å². The predicted molar refractivity (Wildman–Crippen MR) is 54.7 cm³/mol. The van der Waals surface area contributed by atoms with E-state index in [9.17, 15) is 15.2 Å². The van der Waals surface area contributed by atoms with Gasteiger partial charge >= 0.3 is 0 Å². The van der Waals surface area contributed by atoms with Crippen molar-refractivity contribution in [2.75, 3.05) is 6.54 Å². The molecule has 1 aliphatic heterocycles. The van der Waals surface area contributed by atoms with Gasteiger partial charge in [-0.25, -0.2) is 0 Å². The van der Waals surface area contributed by atoms with Crippen molar-refractivity contribution in [3.63, 3.8) is 0 Å². The average Bonchev–Trinajstić information content (AvgIpc) is 2.71. The molecule has 1 heterocycles. The normalized spacial score (nSPS) is 20.4. The summed E-state index contributed by atoms with van der Waals surface area (Å²) in [6, 6.07) is 4.18. The van der Waals surface area contributed by atoms with Gasteiger partial charge in [0.2, 0.25) is 0 Å². The molecule has 15 heavy (non-hydrogen) atoms. The van der Waals surface area contributed by atoms with E-state index in [1.54, 1.807) is 0 Å². The minimum Gasteiger partial charge on any atom is -0.508 e. The molecule has 1 aromatic carbocycles. The van der Waals surface area contributed by atoms with Crippen LogP contribution in [0.2, 0.25) is 0 Å². The number of non-ortho nitro benzene ring substituents is 1. The van der Waals surface area contributed by atoms with E-state index in [0.29, 0.717) is 5.56 Å². The first kappa shape index (κ1) is 9.92. The van der Waals surface area contributed by atoms with Crippen LogP contribution in [0.3, 0.4) is 0 Å². The lowest BCUT2D eigenvalue weighted by molar-refractivity contribution is -0.385. The summed E-state index contributed by atoms with van der Waals surface area (Å²) in [4.78, 5) is 10.1. The number of rotatable bonds is 2. The molecule has 5 nitrogen and oxygen atoms in total. The lowest BCUT2D eigenvalue weighted by Crippen LogP contribution is -2.13. The Bertz CT molecular complexity index is 386. The summed E-state index contributed by atoms with van der Waals surface area (Å²) in [5.41, 5.74) is 0.651. The monoisotopic (exact) mass is 208 g/mol. The van der Waals surface area contributed by atoms with Gasteiger partial charge in [0, 0.05) is 23.7 Å². The first-order valence-corrected chi connectivity index (χ1v) is 4.89. The van der Waals surface area contributed by atoms with Crippen LogP contribution in [0.25, 0.3) is 0 Å². The number of hydrogen-bond donors (Lipinski definition) is 2. The van der Waals surface area contributed by atoms with Gasteiger partial charge in [-0.3, -0.25) is 10.1 Å². The summed E-state index contributed by atoms with van der Waals surface area (Å²) in [6.45, 7) is 0.896. The van der Waals surface area contributed by atoms with Crippen LogP contribution in [0.15, 0.2) is 18.2 Å². The lowest BCUT2D eigenvalue weighted by atomic mass is 10.0. The maximum Gasteiger partial charge on any atom is 0.270 e. The third-order valence-electron chi connectivity index (χ3n) is 2.66. The molecule has 0 unspecified atom stereocenters. The van der Waals surface area contributed by atoms with Gasteiger partial charge < -0.3 is 10.4 Å². The summed E-state index contributed by atoms with van der Waals surface area (Å²) in [6.07, 6.45) is 1.95. The molecule has 0 spiro atoms. The Balaban J connectivity index is 2.35. The predicted octanol–water partition coefficient (Wildman–Crippen LogP) is 1.72. The lowest BCUT2D eigenvalue weighted by Gasteiger charge is -2.11. The van der Waals surface area contributed by atoms with Gasteiger partial charge in [-0.2, -0.15) is 0 Å². The Labute approximate surface area is 86.9 Å². The SMILES string of the molecule is O=[N+]([O-])c1ccc(O)c([C@@H]2CCCN2)c1. The van der Waals surface area contributed by atoms with Crippen molar-refractivity contribution in [3.05, 3.63) is 33.9 Å². The summed E-state index contributed by atoms with van der Waals surface area (Å²) in [5.74, 6) is 0.125. The van der Waals surface area contributed by atoms with Gasteiger partial charge in [0.1, 0.15) is 5.75 Å². The minimum atomic E-state index is -0.447. The van der Waals surface area contributed by atoms with Crippen LogP contribution in [0.4, 0.5) is 5.69 Å². The number of hydrogen-bond acceptors (Lipinski definition) is 4. The first-order chi connectivity index (χ1) is 7.18. The van der Waals surface area contributed by atoms with Gasteiger partial charge in [-0.05, 0) is 25.5 Å². The van der Waals surface area contributed by atoms with E-state index in [4.69, 9.17) is 0 Å². The molecule has 80 valence electrons. The highest BCUT2D eigenvalue weighted by atomic mass is 16.6. The number of nitro benzene ring substituents is 1. The number of nitrogens with one attached hydrogen (secondary N) is 1. The molecule has 0 amide bonds. The fourth-order valence-corrected chi connectivity index (χ4v) is 1.88. The Morgan fingerprint density at radius 3 is 2.93 bits per heavy atom. The number of phenols is 1. The molecule has 0 aromatic heterocycles. The van der Waals surface area contributed by atoms with E-state index in [1.165, 1.54) is 18.2 Å². The highest BCUT2D eigenvalue weighted by Crippen LogP contribution is 2.32. The standard InChI is InChI=1S/C10H12N2O3/c13-10-4-3-7(12(14)15)6-8(10)9-2-1-5-11-9/h3-4,6,9,11,13H,1-2,5H2/t9-/m0/s1. The van der Waals surface area contributed by atoms with Crippen LogP contribution in [0.5, 0.6) is 5.75 Å². The van der Waals surface area contributed by atoms with E-state index in [-0.39, 0.29) is 17.5 Å². The maximum atomic E-state index is 10.6. The highest BCUT2D eigenvalue weighted by Gasteiger charge is 2.21. The fraction of sp³-hybridized carbons (Fsp3) is 0.400. The van der Waals surface area contributed by atoms with Gasteiger partial charge in [0.15, 0.2) is 0 Å². The van der Waals surface area contributed by atoms with Crippen molar-refractivity contribution in [1.82, 2.24) is 5.32 Å². The van der Waals surface area contributed by atoms with Crippen LogP contribution >= 0.6 is 0 Å². The number of aromatic hydroxyl groups is 1. The van der Waals surface area contributed by atoms with Crippen LogP contribution in [0.1, 0.15) is 24.4 Å². The summed E-state index contributed by atoms with van der Waals surface area (Å²) < 4.78 is 0. The van der Waals surface area contributed by atoms with Gasteiger partial charge in [-0.15, -0.1) is 0 Å². The summed E-state index contributed by atoms with van der Waals surface area (Å²) in [7, 11) is 0. The second-order valence-corrected chi connectivity index (χ2v) is 3.65. The average molecular weight is 208 g/mol. The molecule has 0 radical (unpaired) electrons. The van der Waals surface area contributed by atoms with E-state index < -0.39 is 4.92 Å². The van der Waals surface area contributed by atoms with Crippen LogP contribution in [-0.2, 0) is 0 Å². The molecule has 1 atom stereocenters. The quantitative estimate of drug-likeness (QED) is 0.573. The zero-order chi connectivity index (χ0) is 10.8. The Morgan fingerprint density at radius 2 is 2.33 bits per heavy atom. The van der Waals surface area contributed by atoms with E-state index in [1.807, 2.05) is 0 Å². The van der Waals surface area contributed by atoms with Gasteiger partial charge in [0.05, 0.1) is 4.92 Å². The maximum absolute atomic E-state index is 10.6. The largest absolute Gasteiger partial charge is 0.508 e.